The van der Waals surface area contributed by atoms with E-state index in [1.54, 1.807) is 24.3 Å². The van der Waals surface area contributed by atoms with E-state index in [1.807, 2.05) is 0 Å². The molecule has 1 fully saturated rings. The molecule has 15 heteroatoms. The molecule has 0 amide bonds. The van der Waals surface area contributed by atoms with Gasteiger partial charge in [0.05, 0.1) is 34.0 Å². The number of hydrogen-bond acceptors (Lipinski definition) is 15. The van der Waals surface area contributed by atoms with Crippen LogP contribution in [0.2, 0.25) is 0 Å². The first kappa shape index (κ1) is 38.3. The summed E-state index contributed by atoms with van der Waals surface area (Å²) < 4.78 is 38.3. The summed E-state index contributed by atoms with van der Waals surface area (Å²) in [5.41, 5.74) is 1.49. The number of hydrogen-bond donors (Lipinski definition) is 7. The van der Waals surface area contributed by atoms with Crippen LogP contribution in [-0.4, -0.2) is 121 Å². The van der Waals surface area contributed by atoms with Gasteiger partial charge in [-0.2, -0.15) is 0 Å². The Bertz CT molecular complexity index is 1550. The maximum Gasteiger partial charge on any atom is 0.338 e. The molecule has 7 N–H and O–H groups in total. The molecule has 0 radical (unpaired) electrons. The number of esters is 1. The van der Waals surface area contributed by atoms with Crippen LogP contribution in [0.1, 0.15) is 21.5 Å². The Hall–Kier alpha value is -4.51. The Morgan fingerprint density at radius 2 is 1.22 bits per heavy atom. The summed E-state index contributed by atoms with van der Waals surface area (Å²) in [5, 5.41) is 72.3. The van der Waals surface area contributed by atoms with Crippen molar-refractivity contribution in [2.45, 2.75) is 43.5 Å². The molecule has 3 aromatic carbocycles. The van der Waals surface area contributed by atoms with Crippen LogP contribution in [0.3, 0.4) is 0 Å². The van der Waals surface area contributed by atoms with Crippen LogP contribution in [0.25, 0.3) is 0 Å². The maximum absolute atomic E-state index is 12.7. The monoisotopic (exact) mass is 704 g/mol. The van der Waals surface area contributed by atoms with Crippen molar-refractivity contribution < 1.29 is 73.7 Å². The minimum Gasteiger partial charge on any atom is -0.504 e. The van der Waals surface area contributed by atoms with Gasteiger partial charge in [0.25, 0.3) is 0 Å². The molecule has 4 rings (SSSR count). The molecular weight excluding hydrogens is 660 g/mol. The lowest BCUT2D eigenvalue weighted by Crippen LogP contribution is -2.60. The number of phenolic OH excluding ortho intramolecular Hbond substituents is 2. The van der Waals surface area contributed by atoms with E-state index in [1.165, 1.54) is 52.7 Å². The van der Waals surface area contributed by atoms with E-state index in [0.717, 1.165) is 5.56 Å². The molecular formula is C35H44O15. The highest BCUT2D eigenvalue weighted by Gasteiger charge is 2.46. The van der Waals surface area contributed by atoms with Crippen LogP contribution in [0.15, 0.2) is 48.5 Å². The summed E-state index contributed by atoms with van der Waals surface area (Å²) in [7, 11) is 5.51. The van der Waals surface area contributed by atoms with Crippen molar-refractivity contribution in [3.63, 3.8) is 0 Å². The van der Waals surface area contributed by atoms with Gasteiger partial charge >= 0.3 is 5.97 Å². The molecule has 0 aliphatic carbocycles. The fourth-order valence-electron chi connectivity index (χ4n) is 5.70. The van der Waals surface area contributed by atoms with Crippen molar-refractivity contribution in [3.8, 4) is 40.2 Å². The molecule has 1 aliphatic heterocycles. The zero-order valence-electron chi connectivity index (χ0n) is 28.1. The average molecular weight is 705 g/mol. The molecule has 1 saturated heterocycles. The summed E-state index contributed by atoms with van der Waals surface area (Å²) >= 11 is 0. The highest BCUT2D eigenvalue weighted by atomic mass is 16.7. The molecule has 3 aromatic rings. The molecule has 274 valence electrons. The summed E-state index contributed by atoms with van der Waals surface area (Å²) in [5.74, 6) is -1.17. The molecule has 15 nitrogen and oxygen atoms in total. The third-order valence-electron chi connectivity index (χ3n) is 8.59. The van der Waals surface area contributed by atoms with Crippen LogP contribution in [-0.2, 0) is 22.3 Å². The Morgan fingerprint density at radius 1 is 0.700 bits per heavy atom. The Kier molecular flexibility index (Phi) is 13.3. The molecule has 1 heterocycles. The number of ether oxygens (including phenoxy) is 7. The van der Waals surface area contributed by atoms with E-state index in [4.69, 9.17) is 33.2 Å². The molecule has 0 bridgehead atoms. The SMILES string of the molecule is COc1cc(C[C@@H](CO)[C@H](CO)Cc2cc(OC)c(O[C@H]3O[C@H](COC(=O)c4ccc(O)c(OC)c4)[C@@H](O)[C@H](O)[C@H]3O)c(OC)c2)ccc1O. The predicted octanol–water partition coefficient (Wildman–Crippen LogP) is 1.18. The summed E-state index contributed by atoms with van der Waals surface area (Å²) in [6.45, 7) is -1.02. The highest BCUT2D eigenvalue weighted by molar-refractivity contribution is 5.90. The van der Waals surface area contributed by atoms with Gasteiger partial charge in [-0.3, -0.25) is 0 Å². The van der Waals surface area contributed by atoms with Crippen molar-refractivity contribution in [2.75, 3.05) is 48.3 Å². The van der Waals surface area contributed by atoms with Gasteiger partial charge in [0.15, 0.2) is 34.5 Å². The first-order valence-electron chi connectivity index (χ1n) is 15.7. The fourth-order valence-corrected chi connectivity index (χ4v) is 5.70. The normalized spacial score (nSPS) is 21.5. The quantitative estimate of drug-likeness (QED) is 0.104. The number of aliphatic hydroxyl groups excluding tert-OH is 5. The fraction of sp³-hybridized carbons (Fsp3) is 0.457. The number of aliphatic hydroxyl groups is 5. The van der Waals surface area contributed by atoms with Crippen LogP contribution < -0.4 is 23.7 Å². The highest BCUT2D eigenvalue weighted by Crippen LogP contribution is 2.42. The number of methoxy groups -OCH3 is 4. The van der Waals surface area contributed by atoms with E-state index in [-0.39, 0.29) is 65.6 Å². The lowest BCUT2D eigenvalue weighted by Gasteiger charge is -2.40. The van der Waals surface area contributed by atoms with Gasteiger partial charge in [-0.15, -0.1) is 0 Å². The van der Waals surface area contributed by atoms with Crippen LogP contribution >= 0.6 is 0 Å². The van der Waals surface area contributed by atoms with Gasteiger partial charge in [-0.05, 0) is 78.3 Å². The van der Waals surface area contributed by atoms with Crippen LogP contribution in [0.5, 0.6) is 40.2 Å². The summed E-state index contributed by atoms with van der Waals surface area (Å²) in [6, 6.07) is 12.0. The van der Waals surface area contributed by atoms with Crippen molar-refractivity contribution in [2.24, 2.45) is 11.8 Å². The van der Waals surface area contributed by atoms with Crippen molar-refractivity contribution in [1.29, 1.82) is 0 Å². The molecule has 7 atom stereocenters. The van der Waals surface area contributed by atoms with Crippen molar-refractivity contribution in [1.82, 2.24) is 0 Å². The minimum atomic E-state index is -1.75. The number of carbonyl (C=O) groups excluding carboxylic acids is 1. The first-order chi connectivity index (χ1) is 24.0. The zero-order valence-corrected chi connectivity index (χ0v) is 28.1. The molecule has 1 aliphatic rings. The number of benzene rings is 3. The minimum absolute atomic E-state index is 0.00577. The zero-order chi connectivity index (χ0) is 36.5. The lowest BCUT2D eigenvalue weighted by molar-refractivity contribution is -0.277. The molecule has 0 saturated carbocycles. The summed E-state index contributed by atoms with van der Waals surface area (Å²) in [6.07, 6.45) is -7.38. The molecule has 50 heavy (non-hydrogen) atoms. The standard InChI is InChI=1S/C35H44O15/c1-44-25-11-18(5-7-23(25)38)9-21(15-36)22(16-37)10-19-12-27(46-3)33(28(13-19)47-4)50-35-32(42)31(41)30(40)29(49-35)17-48-34(43)20-6-8-24(39)26(14-20)45-2/h5-8,11-14,21-22,29-32,35-42H,9-10,15-17H2,1-4H3/t21-,22-,29+,30+,31-,32+,35+/m0/s1. The topological polar surface area (TPSA) is 223 Å². The lowest BCUT2D eigenvalue weighted by atomic mass is 9.83. The number of carbonyl (C=O) groups is 1. The average Bonchev–Trinajstić information content (AvgIpc) is 3.13. The Morgan fingerprint density at radius 3 is 1.78 bits per heavy atom. The Labute approximate surface area is 288 Å². The molecule has 0 unspecified atom stereocenters. The van der Waals surface area contributed by atoms with Gasteiger partial charge < -0.3 is 68.9 Å². The van der Waals surface area contributed by atoms with Gasteiger partial charge in [0.1, 0.15) is 31.0 Å². The van der Waals surface area contributed by atoms with E-state index >= 15 is 0 Å². The van der Waals surface area contributed by atoms with E-state index in [2.05, 4.69) is 0 Å². The van der Waals surface area contributed by atoms with E-state index < -0.39 is 49.2 Å². The second kappa shape index (κ2) is 17.4. The second-order valence-corrected chi connectivity index (χ2v) is 11.7. The van der Waals surface area contributed by atoms with Gasteiger partial charge in [0.2, 0.25) is 12.0 Å². The number of aromatic hydroxyl groups is 2. The van der Waals surface area contributed by atoms with Crippen molar-refractivity contribution in [3.05, 3.63) is 65.2 Å². The third kappa shape index (κ3) is 8.79. The van der Waals surface area contributed by atoms with Gasteiger partial charge in [0, 0.05) is 13.2 Å². The van der Waals surface area contributed by atoms with Crippen molar-refractivity contribution >= 4 is 5.97 Å². The summed E-state index contributed by atoms with van der Waals surface area (Å²) in [4.78, 5) is 12.7. The molecule has 0 spiro atoms. The van der Waals surface area contributed by atoms with E-state index in [0.29, 0.717) is 17.7 Å². The third-order valence-corrected chi connectivity index (χ3v) is 8.59. The smallest absolute Gasteiger partial charge is 0.338 e. The maximum atomic E-state index is 12.7. The predicted molar refractivity (Wildman–Crippen MR) is 175 cm³/mol. The number of rotatable bonds is 16. The van der Waals surface area contributed by atoms with Crippen LogP contribution in [0.4, 0.5) is 0 Å². The van der Waals surface area contributed by atoms with Gasteiger partial charge in [-0.25, -0.2) is 4.79 Å². The van der Waals surface area contributed by atoms with Gasteiger partial charge in [-0.1, -0.05) is 6.07 Å². The second-order valence-electron chi connectivity index (χ2n) is 11.7. The Balaban J connectivity index is 1.50. The number of phenols is 2. The largest absolute Gasteiger partial charge is 0.504 e. The van der Waals surface area contributed by atoms with Crippen LogP contribution in [0, 0.1) is 11.8 Å². The first-order valence-corrected chi connectivity index (χ1v) is 15.7. The molecule has 0 aromatic heterocycles. The van der Waals surface area contributed by atoms with E-state index in [9.17, 15) is 40.5 Å².